The molecule has 6 atom stereocenters. The second kappa shape index (κ2) is 16.5. The van der Waals surface area contributed by atoms with Gasteiger partial charge in [0.1, 0.15) is 18.1 Å². The maximum absolute atomic E-state index is 13.6. The van der Waals surface area contributed by atoms with Gasteiger partial charge in [0, 0.05) is 19.0 Å². The number of benzene rings is 1. The van der Waals surface area contributed by atoms with Crippen LogP contribution in [-0.2, 0) is 25.6 Å². The van der Waals surface area contributed by atoms with Gasteiger partial charge < -0.3 is 36.3 Å². The zero-order valence-electron chi connectivity index (χ0n) is 24.8. The van der Waals surface area contributed by atoms with Gasteiger partial charge in [-0.2, -0.15) is 0 Å². The van der Waals surface area contributed by atoms with E-state index in [1.54, 1.807) is 4.90 Å². The number of carbonyl (C=O) groups is 4. The van der Waals surface area contributed by atoms with Crippen molar-refractivity contribution in [1.82, 2.24) is 26.1 Å². The molecule has 1 aliphatic rings. The molecule has 2 radical (unpaired) electrons. The number of amides is 4. The summed E-state index contributed by atoms with van der Waals surface area (Å²) in [5.74, 6) is -1.88. The average Bonchev–Trinajstić information content (AvgIpc) is 3.25. The van der Waals surface area contributed by atoms with Crippen LogP contribution in [-0.4, -0.2) is 96.2 Å². The summed E-state index contributed by atoms with van der Waals surface area (Å²) in [7, 11) is 5.36. The first-order chi connectivity index (χ1) is 19.4. The van der Waals surface area contributed by atoms with E-state index in [-0.39, 0.29) is 36.8 Å². The Hall–Kier alpha value is -2.96. The van der Waals surface area contributed by atoms with Crippen LogP contribution in [0.25, 0.3) is 0 Å². The molecule has 0 unspecified atom stereocenters. The molecule has 41 heavy (non-hydrogen) atoms. The lowest BCUT2D eigenvalue weighted by atomic mass is 9.98. The van der Waals surface area contributed by atoms with Gasteiger partial charge in [-0.05, 0) is 43.6 Å². The Labute approximate surface area is 244 Å². The Balaban J connectivity index is 2.25. The van der Waals surface area contributed by atoms with Crippen molar-refractivity contribution in [2.24, 2.45) is 11.8 Å². The molecule has 2 rings (SSSR count). The van der Waals surface area contributed by atoms with Crippen LogP contribution in [0.4, 0.5) is 0 Å². The second-order valence-electron chi connectivity index (χ2n) is 11.8. The van der Waals surface area contributed by atoms with E-state index < -0.39 is 54.6 Å². The fourth-order valence-corrected chi connectivity index (χ4v) is 4.99. The summed E-state index contributed by atoms with van der Waals surface area (Å²) in [6, 6.07) is 4.96. The first-order valence-corrected chi connectivity index (χ1v) is 14.4. The zero-order chi connectivity index (χ0) is 30.7. The smallest absolute Gasteiger partial charge is 0.245 e. The molecule has 1 heterocycles. The quantitative estimate of drug-likeness (QED) is 0.159. The van der Waals surface area contributed by atoms with Gasteiger partial charge in [-0.3, -0.25) is 19.2 Å². The van der Waals surface area contributed by atoms with Gasteiger partial charge in [-0.1, -0.05) is 58.0 Å². The topological polar surface area (TPSA) is 160 Å². The van der Waals surface area contributed by atoms with Gasteiger partial charge in [0.25, 0.3) is 0 Å². The van der Waals surface area contributed by atoms with Crippen molar-refractivity contribution >= 4 is 31.6 Å². The molecule has 0 saturated carbocycles. The van der Waals surface area contributed by atoms with E-state index in [0.717, 1.165) is 5.56 Å². The number of nitrogens with zero attached hydrogens (tertiary/aromatic N) is 1. The Bertz CT molecular complexity index is 1010. The molecule has 1 aromatic carbocycles. The number of likely N-dealkylation sites (tertiary alicyclic amines) is 1. The number of aliphatic hydroxyl groups is 2. The maximum Gasteiger partial charge on any atom is 0.245 e. The highest BCUT2D eigenvalue weighted by atomic mass is 16.3. The molecule has 1 aromatic rings. The summed E-state index contributed by atoms with van der Waals surface area (Å²) in [4.78, 5) is 54.8. The second-order valence-corrected chi connectivity index (χ2v) is 11.8. The van der Waals surface area contributed by atoms with Crippen molar-refractivity contribution in [2.75, 3.05) is 13.2 Å². The molecule has 0 aromatic heterocycles. The molecular formula is C29H46BN5O6. The van der Waals surface area contributed by atoms with Gasteiger partial charge >= 0.3 is 0 Å². The molecule has 0 aliphatic carbocycles. The standard InChI is InChI=1S/C29H46BN5O6/c1-17(2)11-22(26(38)33-24(12-18(3)4)29(41)35-15-21(37)13-19(35)5)31-27(39)23(14-20-9-7-6-8-10-20)32-28(40)25(16-36)34-30/h6-10,17-19,21-25,34,36-37H,11-16H2,1-5H3,(H,31,39)(H,32,40)(H,33,38)/t19-,21-,22-,23+,24+,25-/m1/s1. The number of aliphatic hydroxyl groups excluding tert-OH is 2. The molecular weight excluding hydrogens is 525 g/mol. The predicted octanol–water partition coefficient (Wildman–Crippen LogP) is -0.209. The molecule has 11 nitrogen and oxygen atoms in total. The highest BCUT2D eigenvalue weighted by Gasteiger charge is 2.37. The molecule has 0 spiro atoms. The monoisotopic (exact) mass is 571 g/mol. The van der Waals surface area contributed by atoms with Crippen LogP contribution < -0.4 is 21.2 Å². The molecule has 6 N–H and O–H groups in total. The Kier molecular flexibility index (Phi) is 13.8. The molecule has 226 valence electrons. The number of hydrogen-bond acceptors (Lipinski definition) is 7. The largest absolute Gasteiger partial charge is 0.394 e. The minimum absolute atomic E-state index is 0.0291. The molecule has 4 amide bonds. The Morgan fingerprint density at radius 2 is 1.39 bits per heavy atom. The maximum atomic E-state index is 13.6. The molecule has 1 aliphatic heterocycles. The fourth-order valence-electron chi connectivity index (χ4n) is 4.99. The Morgan fingerprint density at radius 1 is 0.878 bits per heavy atom. The van der Waals surface area contributed by atoms with E-state index in [1.807, 2.05) is 65.0 Å². The lowest BCUT2D eigenvalue weighted by Gasteiger charge is -2.30. The first-order valence-electron chi connectivity index (χ1n) is 14.4. The number of carbonyl (C=O) groups excluding carboxylic acids is 4. The fraction of sp³-hybridized carbons (Fsp3) is 0.655. The summed E-state index contributed by atoms with van der Waals surface area (Å²) in [5, 5.41) is 30.0. The van der Waals surface area contributed by atoms with Crippen LogP contribution in [0.1, 0.15) is 59.4 Å². The van der Waals surface area contributed by atoms with E-state index in [2.05, 4.69) is 21.2 Å². The number of hydrogen-bond donors (Lipinski definition) is 6. The summed E-state index contributed by atoms with van der Waals surface area (Å²) in [6.07, 6.45) is 0.711. The SMILES string of the molecule is [B]N[C@H](CO)C(=O)N[C@@H](Cc1ccccc1)C(=O)N[C@H](CC(C)C)C(=O)N[C@@H](CC(C)C)C(=O)N1C[C@H](O)C[C@H]1C. The Morgan fingerprint density at radius 3 is 1.90 bits per heavy atom. The average molecular weight is 572 g/mol. The molecule has 1 saturated heterocycles. The van der Waals surface area contributed by atoms with Gasteiger partial charge in [-0.15, -0.1) is 0 Å². The predicted molar refractivity (Wildman–Crippen MR) is 156 cm³/mol. The van der Waals surface area contributed by atoms with Crippen LogP contribution in [0.3, 0.4) is 0 Å². The third-order valence-corrected chi connectivity index (χ3v) is 7.11. The van der Waals surface area contributed by atoms with Gasteiger partial charge in [0.05, 0.1) is 18.8 Å². The zero-order valence-corrected chi connectivity index (χ0v) is 24.8. The summed E-state index contributed by atoms with van der Waals surface area (Å²) in [6.45, 7) is 9.25. The summed E-state index contributed by atoms with van der Waals surface area (Å²) >= 11 is 0. The van der Waals surface area contributed by atoms with E-state index in [9.17, 15) is 29.4 Å². The van der Waals surface area contributed by atoms with Gasteiger partial charge in [0.2, 0.25) is 23.6 Å². The van der Waals surface area contributed by atoms with Crippen molar-refractivity contribution in [3.05, 3.63) is 35.9 Å². The number of rotatable bonds is 15. The normalized spacial score (nSPS) is 19.9. The minimum atomic E-state index is -1.12. The van der Waals surface area contributed by atoms with Crippen molar-refractivity contribution in [3.8, 4) is 0 Å². The first kappa shape index (κ1) is 34.2. The summed E-state index contributed by atoms with van der Waals surface area (Å²) < 4.78 is 0. The highest BCUT2D eigenvalue weighted by Crippen LogP contribution is 2.20. The van der Waals surface area contributed by atoms with E-state index >= 15 is 0 Å². The molecule has 0 bridgehead atoms. The van der Waals surface area contributed by atoms with Crippen LogP contribution in [0.5, 0.6) is 0 Å². The van der Waals surface area contributed by atoms with E-state index in [1.165, 1.54) is 0 Å². The summed E-state index contributed by atoms with van der Waals surface area (Å²) in [5.41, 5.74) is 0.781. The van der Waals surface area contributed by atoms with Crippen LogP contribution >= 0.6 is 0 Å². The molecule has 1 fully saturated rings. The van der Waals surface area contributed by atoms with Gasteiger partial charge in [-0.25, -0.2) is 0 Å². The van der Waals surface area contributed by atoms with Crippen LogP contribution in [0, 0.1) is 11.8 Å². The van der Waals surface area contributed by atoms with Crippen molar-refractivity contribution in [3.63, 3.8) is 0 Å². The van der Waals surface area contributed by atoms with E-state index in [4.69, 9.17) is 7.98 Å². The number of β-amino-alcohol motifs (C(OH)–C–C–N with tert-alkyl or cyclic N) is 1. The molecule has 12 heteroatoms. The lowest BCUT2D eigenvalue weighted by molar-refractivity contribution is -0.139. The van der Waals surface area contributed by atoms with Crippen molar-refractivity contribution in [1.29, 1.82) is 0 Å². The third kappa shape index (κ3) is 10.8. The lowest BCUT2D eigenvalue weighted by Crippen LogP contribution is -2.59. The minimum Gasteiger partial charge on any atom is -0.394 e. The third-order valence-electron chi connectivity index (χ3n) is 7.11. The van der Waals surface area contributed by atoms with Crippen LogP contribution in [0.15, 0.2) is 30.3 Å². The van der Waals surface area contributed by atoms with Crippen LogP contribution in [0.2, 0.25) is 0 Å². The van der Waals surface area contributed by atoms with Gasteiger partial charge in [0.15, 0.2) is 7.98 Å². The number of nitrogens with one attached hydrogen (secondary N) is 4. The van der Waals surface area contributed by atoms with E-state index in [0.29, 0.717) is 19.3 Å². The van der Waals surface area contributed by atoms with Crippen molar-refractivity contribution in [2.45, 2.75) is 96.6 Å². The van der Waals surface area contributed by atoms with Crippen molar-refractivity contribution < 1.29 is 29.4 Å². The highest BCUT2D eigenvalue weighted by molar-refractivity contribution is 6.07.